The van der Waals surface area contributed by atoms with E-state index in [-0.39, 0.29) is 12.3 Å². The van der Waals surface area contributed by atoms with Gasteiger partial charge in [0.25, 0.3) is 0 Å². The van der Waals surface area contributed by atoms with Gasteiger partial charge in [-0.2, -0.15) is 0 Å². The smallest absolute Gasteiger partial charge is 0.231 e. The molecule has 1 aromatic carbocycles. The molecule has 100 valence electrons. The Morgan fingerprint density at radius 3 is 2.74 bits per heavy atom. The summed E-state index contributed by atoms with van der Waals surface area (Å²) in [4.78, 5) is 17.5. The minimum absolute atomic E-state index is 0.0116. The molecule has 1 aromatic heterocycles. The van der Waals surface area contributed by atoms with E-state index >= 15 is 0 Å². The quantitative estimate of drug-likeness (QED) is 0.944. The molecule has 2 rings (SSSR count). The first-order valence-electron chi connectivity index (χ1n) is 5.67. The van der Waals surface area contributed by atoms with Gasteiger partial charge in [-0.25, -0.2) is 4.98 Å². The fourth-order valence-electron chi connectivity index (χ4n) is 1.59. The molecule has 0 radical (unpaired) electrons. The van der Waals surface area contributed by atoms with Gasteiger partial charge in [0, 0.05) is 23.6 Å². The third-order valence-electron chi connectivity index (χ3n) is 2.70. The zero-order valence-electron chi connectivity index (χ0n) is 10.3. The van der Waals surface area contributed by atoms with E-state index in [0.29, 0.717) is 15.7 Å². The van der Waals surface area contributed by atoms with Gasteiger partial charge in [-0.1, -0.05) is 23.7 Å². The summed E-state index contributed by atoms with van der Waals surface area (Å²) in [6.45, 7) is 0. The van der Waals surface area contributed by atoms with Crippen molar-refractivity contribution < 1.29 is 9.90 Å². The number of thiazole rings is 1. The van der Waals surface area contributed by atoms with E-state index in [0.717, 1.165) is 0 Å². The number of carbonyl (C=O) groups is 1. The first kappa shape index (κ1) is 14.0. The second kappa shape index (κ2) is 6.14. The molecule has 0 aliphatic heterocycles. The maximum absolute atomic E-state index is 12.0. The highest BCUT2D eigenvalue weighted by Gasteiger charge is 2.18. The van der Waals surface area contributed by atoms with Gasteiger partial charge in [-0.05, 0) is 17.7 Å². The highest BCUT2D eigenvalue weighted by molar-refractivity contribution is 7.13. The molecule has 1 atom stereocenters. The number of aliphatic hydroxyl groups excluding tert-OH is 1. The van der Waals surface area contributed by atoms with Crippen molar-refractivity contribution in [1.82, 2.24) is 4.98 Å². The number of anilines is 1. The van der Waals surface area contributed by atoms with Crippen LogP contribution < -0.4 is 4.90 Å². The van der Waals surface area contributed by atoms with Crippen LogP contribution in [0.3, 0.4) is 0 Å². The van der Waals surface area contributed by atoms with Crippen LogP contribution in [0.15, 0.2) is 35.8 Å². The Bertz CT molecular complexity index is 542. The molecule has 0 bridgehead atoms. The molecule has 2 aromatic rings. The van der Waals surface area contributed by atoms with E-state index in [1.165, 1.54) is 16.2 Å². The Kier molecular flexibility index (Phi) is 4.52. The summed E-state index contributed by atoms with van der Waals surface area (Å²) < 4.78 is 0. The second-order valence-electron chi connectivity index (χ2n) is 4.04. The predicted molar refractivity (Wildman–Crippen MR) is 76.6 cm³/mol. The number of amides is 1. The Balaban J connectivity index is 2.00. The monoisotopic (exact) mass is 296 g/mol. The molecule has 0 aliphatic rings. The van der Waals surface area contributed by atoms with Gasteiger partial charge in [-0.3, -0.25) is 9.69 Å². The standard InChI is InChI=1S/C13H13ClN2O2S/c1-16(13-15-6-7-19-13)12(18)8-11(17)9-2-4-10(14)5-3-9/h2-7,11,17H,8H2,1H3. The number of nitrogens with zero attached hydrogens (tertiary/aromatic N) is 2. The summed E-state index contributed by atoms with van der Waals surface area (Å²) >= 11 is 7.16. The van der Waals surface area contributed by atoms with Gasteiger partial charge < -0.3 is 5.11 Å². The fourth-order valence-corrected chi connectivity index (χ4v) is 2.34. The van der Waals surface area contributed by atoms with Crippen LogP contribution in [0.25, 0.3) is 0 Å². The maximum Gasteiger partial charge on any atom is 0.231 e. The van der Waals surface area contributed by atoms with Gasteiger partial charge in [0.15, 0.2) is 5.13 Å². The summed E-state index contributed by atoms with van der Waals surface area (Å²) in [5.41, 5.74) is 0.672. The summed E-state index contributed by atoms with van der Waals surface area (Å²) in [6, 6.07) is 6.80. The van der Waals surface area contributed by atoms with Crippen LogP contribution in [0.5, 0.6) is 0 Å². The average Bonchev–Trinajstić information content (AvgIpc) is 2.92. The third kappa shape index (κ3) is 3.53. The molecule has 6 heteroatoms. The summed E-state index contributed by atoms with van der Waals surface area (Å²) in [6.07, 6.45) is 0.809. The molecule has 1 amide bonds. The SMILES string of the molecule is CN(C(=O)CC(O)c1ccc(Cl)cc1)c1nccs1. The third-order valence-corrected chi connectivity index (χ3v) is 3.80. The van der Waals surface area contributed by atoms with Gasteiger partial charge in [0.1, 0.15) is 0 Å². The summed E-state index contributed by atoms with van der Waals surface area (Å²) in [7, 11) is 1.65. The highest BCUT2D eigenvalue weighted by Crippen LogP contribution is 2.22. The lowest BCUT2D eigenvalue weighted by Gasteiger charge is -2.16. The van der Waals surface area contributed by atoms with E-state index in [4.69, 9.17) is 11.6 Å². The second-order valence-corrected chi connectivity index (χ2v) is 5.35. The molecular formula is C13H13ClN2O2S. The minimum Gasteiger partial charge on any atom is -0.388 e. The molecule has 0 saturated carbocycles. The van der Waals surface area contributed by atoms with Gasteiger partial charge in [-0.15, -0.1) is 11.3 Å². The van der Waals surface area contributed by atoms with E-state index in [1.807, 2.05) is 0 Å². The topological polar surface area (TPSA) is 53.4 Å². The van der Waals surface area contributed by atoms with Gasteiger partial charge >= 0.3 is 0 Å². The first-order valence-corrected chi connectivity index (χ1v) is 6.93. The van der Waals surface area contributed by atoms with E-state index < -0.39 is 6.10 Å². The normalized spacial score (nSPS) is 12.2. The number of rotatable bonds is 4. The molecule has 0 spiro atoms. The molecule has 1 N–H and O–H groups in total. The van der Waals surface area contributed by atoms with Crippen molar-refractivity contribution in [2.45, 2.75) is 12.5 Å². The highest BCUT2D eigenvalue weighted by atomic mass is 35.5. The number of carbonyl (C=O) groups excluding carboxylic acids is 1. The van der Waals surface area contributed by atoms with Crippen molar-refractivity contribution in [3.63, 3.8) is 0 Å². The van der Waals surface area contributed by atoms with E-state index in [2.05, 4.69) is 4.98 Å². The number of benzene rings is 1. The van der Waals surface area contributed by atoms with Crippen molar-refractivity contribution in [1.29, 1.82) is 0 Å². The molecule has 19 heavy (non-hydrogen) atoms. The zero-order valence-corrected chi connectivity index (χ0v) is 11.9. The molecular weight excluding hydrogens is 284 g/mol. The summed E-state index contributed by atoms with van der Waals surface area (Å²) in [5.74, 6) is -0.183. The van der Waals surface area contributed by atoms with Crippen molar-refractivity contribution in [3.8, 4) is 0 Å². The number of aromatic nitrogens is 1. The predicted octanol–water partition coefficient (Wildman–Crippen LogP) is 2.88. The average molecular weight is 297 g/mol. The van der Waals surface area contributed by atoms with Crippen LogP contribution in [0, 0.1) is 0 Å². The summed E-state index contributed by atoms with van der Waals surface area (Å²) in [5, 5.41) is 13.0. The van der Waals surface area contributed by atoms with Crippen molar-refractivity contribution in [3.05, 3.63) is 46.4 Å². The van der Waals surface area contributed by atoms with Crippen molar-refractivity contribution >= 4 is 34.0 Å². The van der Waals surface area contributed by atoms with Crippen LogP contribution >= 0.6 is 22.9 Å². The molecule has 4 nitrogen and oxygen atoms in total. The molecule has 1 heterocycles. The number of halogens is 1. The maximum atomic E-state index is 12.0. The lowest BCUT2D eigenvalue weighted by Crippen LogP contribution is -2.27. The Morgan fingerprint density at radius 1 is 1.47 bits per heavy atom. The molecule has 0 fully saturated rings. The van der Waals surface area contributed by atoms with Gasteiger partial charge in [0.2, 0.25) is 5.91 Å². The Morgan fingerprint density at radius 2 is 2.16 bits per heavy atom. The van der Waals surface area contributed by atoms with Crippen LogP contribution in [0.2, 0.25) is 5.02 Å². The molecule has 0 saturated heterocycles. The van der Waals surface area contributed by atoms with Crippen molar-refractivity contribution in [2.75, 3.05) is 11.9 Å². The zero-order chi connectivity index (χ0) is 13.8. The fraction of sp³-hybridized carbons (Fsp3) is 0.231. The number of aliphatic hydroxyl groups is 1. The van der Waals surface area contributed by atoms with E-state index in [1.54, 1.807) is 42.9 Å². The van der Waals surface area contributed by atoms with Crippen molar-refractivity contribution in [2.24, 2.45) is 0 Å². The number of hydrogen-bond acceptors (Lipinski definition) is 4. The van der Waals surface area contributed by atoms with E-state index in [9.17, 15) is 9.90 Å². The Labute approximate surface area is 120 Å². The lowest BCUT2D eigenvalue weighted by molar-refractivity contribution is -0.120. The number of hydrogen-bond donors (Lipinski definition) is 1. The largest absolute Gasteiger partial charge is 0.388 e. The lowest BCUT2D eigenvalue weighted by atomic mass is 10.1. The van der Waals surface area contributed by atoms with Crippen LogP contribution in [0.4, 0.5) is 5.13 Å². The van der Waals surface area contributed by atoms with Crippen LogP contribution in [-0.4, -0.2) is 23.0 Å². The van der Waals surface area contributed by atoms with Gasteiger partial charge in [0.05, 0.1) is 12.5 Å². The molecule has 0 aliphatic carbocycles. The first-order chi connectivity index (χ1) is 9.08. The molecule has 1 unspecified atom stereocenters. The van der Waals surface area contributed by atoms with Crippen LogP contribution in [0.1, 0.15) is 18.1 Å². The minimum atomic E-state index is -0.841. The van der Waals surface area contributed by atoms with Crippen LogP contribution in [-0.2, 0) is 4.79 Å². The Hall–Kier alpha value is -1.43.